The Balaban J connectivity index is 4.20. The molecule has 1 atom stereocenters. The number of ether oxygens (including phenoxy) is 1. The molecule has 3 N–H and O–H groups in total. The van der Waals surface area contributed by atoms with Crippen LogP contribution in [0.4, 0.5) is 0 Å². The van der Waals surface area contributed by atoms with Crippen molar-refractivity contribution < 1.29 is 14.6 Å². The zero-order chi connectivity index (χ0) is 11.9. The van der Waals surface area contributed by atoms with Gasteiger partial charge in [0, 0.05) is 7.11 Å². The second kappa shape index (κ2) is 6.76. The predicted molar refractivity (Wildman–Crippen MR) is 58.6 cm³/mol. The van der Waals surface area contributed by atoms with E-state index in [2.05, 4.69) is 10.6 Å². The lowest BCUT2D eigenvalue weighted by Gasteiger charge is -2.27. The molecule has 15 heavy (non-hydrogen) atoms. The smallest absolute Gasteiger partial charge is 0.240 e. The summed E-state index contributed by atoms with van der Waals surface area (Å²) in [6.45, 7) is 6.44. The second-order valence-electron chi connectivity index (χ2n) is 3.96. The fraction of sp³-hybridized carbons (Fsp3) is 0.900. The third kappa shape index (κ3) is 5.11. The quantitative estimate of drug-likeness (QED) is 0.538. The Bertz CT molecular complexity index is 195. The molecular weight excluding hydrogens is 196 g/mol. The molecule has 0 aliphatic rings. The Morgan fingerprint density at radius 1 is 1.53 bits per heavy atom. The summed E-state index contributed by atoms with van der Waals surface area (Å²) < 4.78 is 4.87. The average Bonchev–Trinajstić information content (AvgIpc) is 2.16. The molecule has 0 aromatic rings. The number of aliphatic hydroxyl groups excluding tert-OH is 1. The largest absolute Gasteiger partial charge is 0.394 e. The number of rotatable bonds is 7. The van der Waals surface area contributed by atoms with Crippen LogP contribution in [0.2, 0.25) is 0 Å². The van der Waals surface area contributed by atoms with Crippen LogP contribution in [0.1, 0.15) is 20.8 Å². The van der Waals surface area contributed by atoms with Gasteiger partial charge in [0.15, 0.2) is 0 Å². The number of likely N-dealkylation sites (N-methyl/N-ethyl adjacent to an activating group) is 1. The zero-order valence-electron chi connectivity index (χ0n) is 9.96. The molecule has 5 nitrogen and oxygen atoms in total. The summed E-state index contributed by atoms with van der Waals surface area (Å²) in [5.41, 5.74) is -0.629. The number of carbonyl (C=O) groups is 1. The topological polar surface area (TPSA) is 70.6 Å². The molecule has 5 heteroatoms. The SMILES string of the molecule is CCNC(C)(C)C(=O)NC(CO)COC. The molecule has 1 unspecified atom stereocenters. The lowest BCUT2D eigenvalue weighted by Crippen LogP contribution is -2.56. The van der Waals surface area contributed by atoms with Gasteiger partial charge in [0.1, 0.15) is 0 Å². The van der Waals surface area contributed by atoms with E-state index in [9.17, 15) is 4.79 Å². The van der Waals surface area contributed by atoms with Crippen LogP contribution in [0.25, 0.3) is 0 Å². The lowest BCUT2D eigenvalue weighted by atomic mass is 10.0. The molecule has 0 fully saturated rings. The van der Waals surface area contributed by atoms with E-state index in [1.165, 1.54) is 7.11 Å². The van der Waals surface area contributed by atoms with Crippen molar-refractivity contribution in [3.63, 3.8) is 0 Å². The maximum atomic E-state index is 11.8. The Morgan fingerprint density at radius 2 is 2.13 bits per heavy atom. The minimum absolute atomic E-state index is 0.123. The predicted octanol–water partition coefficient (Wildman–Crippen LogP) is -0.502. The first-order chi connectivity index (χ1) is 6.97. The third-order valence-corrected chi connectivity index (χ3v) is 2.11. The van der Waals surface area contributed by atoms with E-state index in [0.717, 1.165) is 0 Å². The van der Waals surface area contributed by atoms with Crippen LogP contribution < -0.4 is 10.6 Å². The molecule has 0 bridgehead atoms. The number of nitrogens with one attached hydrogen (secondary N) is 2. The van der Waals surface area contributed by atoms with Crippen molar-refractivity contribution in [1.29, 1.82) is 0 Å². The van der Waals surface area contributed by atoms with Crippen molar-refractivity contribution in [1.82, 2.24) is 10.6 Å². The van der Waals surface area contributed by atoms with Gasteiger partial charge in [-0.15, -0.1) is 0 Å². The second-order valence-corrected chi connectivity index (χ2v) is 3.96. The van der Waals surface area contributed by atoms with Gasteiger partial charge in [0.05, 0.1) is 24.8 Å². The summed E-state index contributed by atoms with van der Waals surface area (Å²) in [6, 6.07) is -0.347. The van der Waals surface area contributed by atoms with Crippen LogP contribution in [0.3, 0.4) is 0 Å². The van der Waals surface area contributed by atoms with Crippen molar-refractivity contribution >= 4 is 5.91 Å². The van der Waals surface area contributed by atoms with Crippen LogP contribution in [0, 0.1) is 0 Å². The molecular formula is C10H22N2O3. The van der Waals surface area contributed by atoms with Crippen LogP contribution in [-0.4, -0.2) is 49.5 Å². The molecule has 0 saturated heterocycles. The number of hydrogen-bond acceptors (Lipinski definition) is 4. The van der Waals surface area contributed by atoms with Crippen LogP contribution in [0.5, 0.6) is 0 Å². The van der Waals surface area contributed by atoms with Crippen LogP contribution in [-0.2, 0) is 9.53 Å². The summed E-state index contributed by atoms with van der Waals surface area (Å²) in [6.07, 6.45) is 0. The number of carbonyl (C=O) groups excluding carboxylic acids is 1. The first kappa shape index (κ1) is 14.3. The van der Waals surface area contributed by atoms with Crippen molar-refractivity contribution in [2.45, 2.75) is 32.4 Å². The van der Waals surface area contributed by atoms with E-state index in [4.69, 9.17) is 9.84 Å². The van der Waals surface area contributed by atoms with E-state index in [1.54, 1.807) is 13.8 Å². The molecule has 0 aliphatic heterocycles. The van der Waals surface area contributed by atoms with E-state index < -0.39 is 5.54 Å². The average molecular weight is 218 g/mol. The standard InChI is InChI=1S/C10H22N2O3/c1-5-11-10(2,3)9(14)12-8(6-13)7-15-4/h8,11,13H,5-7H2,1-4H3,(H,12,14). The Labute approximate surface area is 91.2 Å². The molecule has 0 rings (SSSR count). The van der Waals surface area contributed by atoms with Crippen molar-refractivity contribution in [3.8, 4) is 0 Å². The molecule has 0 aromatic heterocycles. The van der Waals surface area contributed by atoms with Gasteiger partial charge in [-0.25, -0.2) is 0 Å². The molecule has 1 amide bonds. The molecule has 0 radical (unpaired) electrons. The van der Waals surface area contributed by atoms with Gasteiger partial charge in [-0.2, -0.15) is 0 Å². The number of methoxy groups -OCH3 is 1. The molecule has 0 heterocycles. The highest BCUT2D eigenvalue weighted by molar-refractivity contribution is 5.85. The highest BCUT2D eigenvalue weighted by Gasteiger charge is 2.27. The van der Waals surface area contributed by atoms with Crippen molar-refractivity contribution in [3.05, 3.63) is 0 Å². The van der Waals surface area contributed by atoms with Crippen LogP contribution >= 0.6 is 0 Å². The van der Waals surface area contributed by atoms with Crippen LogP contribution in [0.15, 0.2) is 0 Å². The summed E-state index contributed by atoms with van der Waals surface area (Å²) in [5.74, 6) is -0.138. The van der Waals surface area contributed by atoms with E-state index >= 15 is 0 Å². The van der Waals surface area contributed by atoms with E-state index in [-0.39, 0.29) is 18.6 Å². The van der Waals surface area contributed by atoms with Gasteiger partial charge < -0.3 is 20.5 Å². The minimum Gasteiger partial charge on any atom is -0.394 e. The molecule has 0 aromatic carbocycles. The Hall–Kier alpha value is -0.650. The van der Waals surface area contributed by atoms with E-state index in [1.807, 2.05) is 6.92 Å². The molecule has 0 spiro atoms. The van der Waals surface area contributed by atoms with Crippen molar-refractivity contribution in [2.24, 2.45) is 0 Å². The Kier molecular flexibility index (Phi) is 6.47. The minimum atomic E-state index is -0.629. The fourth-order valence-corrected chi connectivity index (χ4v) is 1.23. The third-order valence-electron chi connectivity index (χ3n) is 2.11. The van der Waals surface area contributed by atoms with Crippen molar-refractivity contribution in [2.75, 3.05) is 26.9 Å². The normalized spacial score (nSPS) is 13.7. The van der Waals surface area contributed by atoms with E-state index in [0.29, 0.717) is 13.2 Å². The van der Waals surface area contributed by atoms with Gasteiger partial charge in [-0.3, -0.25) is 4.79 Å². The lowest BCUT2D eigenvalue weighted by molar-refractivity contribution is -0.127. The molecule has 0 saturated carbocycles. The van der Waals surface area contributed by atoms with Gasteiger partial charge in [0.2, 0.25) is 5.91 Å². The first-order valence-electron chi connectivity index (χ1n) is 5.13. The fourth-order valence-electron chi connectivity index (χ4n) is 1.23. The Morgan fingerprint density at radius 3 is 2.53 bits per heavy atom. The summed E-state index contributed by atoms with van der Waals surface area (Å²) in [5, 5.41) is 14.8. The van der Waals surface area contributed by atoms with Gasteiger partial charge in [0.25, 0.3) is 0 Å². The van der Waals surface area contributed by atoms with Gasteiger partial charge in [-0.05, 0) is 20.4 Å². The number of aliphatic hydroxyl groups is 1. The summed E-state index contributed by atoms with van der Waals surface area (Å²) in [7, 11) is 1.53. The maximum absolute atomic E-state index is 11.8. The zero-order valence-corrected chi connectivity index (χ0v) is 9.96. The highest BCUT2D eigenvalue weighted by Crippen LogP contribution is 2.02. The van der Waals surface area contributed by atoms with Gasteiger partial charge >= 0.3 is 0 Å². The monoisotopic (exact) mass is 218 g/mol. The number of amides is 1. The highest BCUT2D eigenvalue weighted by atomic mass is 16.5. The molecule has 0 aliphatic carbocycles. The molecule has 90 valence electrons. The first-order valence-corrected chi connectivity index (χ1v) is 5.13. The number of hydrogen-bond donors (Lipinski definition) is 3. The maximum Gasteiger partial charge on any atom is 0.240 e. The summed E-state index contributed by atoms with van der Waals surface area (Å²) >= 11 is 0. The van der Waals surface area contributed by atoms with Gasteiger partial charge in [-0.1, -0.05) is 6.92 Å². The summed E-state index contributed by atoms with van der Waals surface area (Å²) in [4.78, 5) is 11.8.